The third-order valence-electron chi connectivity index (χ3n) is 3.36. The Labute approximate surface area is 69.2 Å². The van der Waals surface area contributed by atoms with Gasteiger partial charge in [0.15, 0.2) is 0 Å². The Morgan fingerprint density at radius 3 is 2.36 bits per heavy atom. The first-order valence-electron chi connectivity index (χ1n) is 4.61. The molecule has 11 heavy (non-hydrogen) atoms. The normalized spacial score (nSPS) is 44.3. The molecule has 0 aromatic rings. The van der Waals surface area contributed by atoms with Gasteiger partial charge in [0.25, 0.3) is 0 Å². The molecule has 1 rings (SSSR count). The second-order valence-corrected chi connectivity index (χ2v) is 4.15. The average Bonchev–Trinajstić information content (AvgIpc) is 2.27. The fourth-order valence-corrected chi connectivity index (χ4v) is 2.51. The Kier molecular flexibility index (Phi) is 2.36. The molecule has 0 bridgehead atoms. The molecule has 0 radical (unpaired) electrons. The van der Waals surface area contributed by atoms with E-state index < -0.39 is 0 Å². The van der Waals surface area contributed by atoms with Crippen LogP contribution in [0.2, 0.25) is 0 Å². The minimum Gasteiger partial charge on any atom is -0.303 e. The Hall–Kier alpha value is -0.330. The first-order valence-corrected chi connectivity index (χ1v) is 4.61. The summed E-state index contributed by atoms with van der Waals surface area (Å²) >= 11 is 0. The lowest BCUT2D eigenvalue weighted by Gasteiger charge is -2.25. The fraction of sp³-hybridized carbons (Fsp3) is 0.900. The maximum absolute atomic E-state index is 10.9. The minimum atomic E-state index is 0.0272. The summed E-state index contributed by atoms with van der Waals surface area (Å²) in [5.74, 6) is 1.34. The molecule has 1 aliphatic carbocycles. The average molecular weight is 154 g/mol. The van der Waals surface area contributed by atoms with Gasteiger partial charge in [0, 0.05) is 5.41 Å². The highest BCUT2D eigenvalue weighted by atomic mass is 16.1. The van der Waals surface area contributed by atoms with Gasteiger partial charge in [-0.05, 0) is 31.1 Å². The molecule has 64 valence electrons. The fourth-order valence-electron chi connectivity index (χ4n) is 2.51. The SMILES string of the molecule is CCC1(C=O)CC(C)CC1C. The van der Waals surface area contributed by atoms with Gasteiger partial charge in [-0.3, -0.25) is 0 Å². The van der Waals surface area contributed by atoms with Gasteiger partial charge in [-0.15, -0.1) is 0 Å². The van der Waals surface area contributed by atoms with E-state index in [2.05, 4.69) is 20.8 Å². The first-order chi connectivity index (χ1) is 5.14. The van der Waals surface area contributed by atoms with E-state index in [9.17, 15) is 4.79 Å². The highest BCUT2D eigenvalue weighted by Crippen LogP contribution is 2.46. The van der Waals surface area contributed by atoms with Crippen molar-refractivity contribution in [2.24, 2.45) is 17.3 Å². The molecule has 1 heteroatoms. The van der Waals surface area contributed by atoms with Crippen LogP contribution in [0.4, 0.5) is 0 Å². The van der Waals surface area contributed by atoms with Crippen LogP contribution in [0.1, 0.15) is 40.0 Å². The number of carbonyl (C=O) groups excluding carboxylic acids is 1. The molecule has 0 aromatic heterocycles. The van der Waals surface area contributed by atoms with Crippen LogP contribution in [-0.4, -0.2) is 6.29 Å². The number of carbonyl (C=O) groups is 1. The van der Waals surface area contributed by atoms with Gasteiger partial charge in [-0.25, -0.2) is 0 Å². The van der Waals surface area contributed by atoms with Crippen LogP contribution in [0.25, 0.3) is 0 Å². The highest BCUT2D eigenvalue weighted by molar-refractivity contribution is 5.60. The quantitative estimate of drug-likeness (QED) is 0.559. The summed E-state index contributed by atoms with van der Waals surface area (Å²) in [6.07, 6.45) is 4.55. The molecule has 0 N–H and O–H groups in total. The monoisotopic (exact) mass is 154 g/mol. The zero-order valence-electron chi connectivity index (χ0n) is 7.76. The number of aldehydes is 1. The second kappa shape index (κ2) is 2.96. The molecule has 1 saturated carbocycles. The van der Waals surface area contributed by atoms with Crippen molar-refractivity contribution >= 4 is 6.29 Å². The van der Waals surface area contributed by atoms with E-state index in [1.807, 2.05) is 0 Å². The van der Waals surface area contributed by atoms with Crippen LogP contribution >= 0.6 is 0 Å². The maximum atomic E-state index is 10.9. The van der Waals surface area contributed by atoms with Crippen molar-refractivity contribution in [3.63, 3.8) is 0 Å². The number of hydrogen-bond donors (Lipinski definition) is 0. The predicted octanol–water partition coefficient (Wildman–Crippen LogP) is 2.65. The van der Waals surface area contributed by atoms with Gasteiger partial charge in [0.05, 0.1) is 0 Å². The summed E-state index contributed by atoms with van der Waals surface area (Å²) in [6, 6.07) is 0. The molecule has 0 aromatic carbocycles. The number of hydrogen-bond acceptors (Lipinski definition) is 1. The standard InChI is InChI=1S/C10H18O/c1-4-10(7-11)6-8(2)5-9(10)3/h7-9H,4-6H2,1-3H3. The topological polar surface area (TPSA) is 17.1 Å². The molecular formula is C10H18O. The molecule has 3 unspecified atom stereocenters. The lowest BCUT2D eigenvalue weighted by molar-refractivity contribution is -0.118. The van der Waals surface area contributed by atoms with Crippen LogP contribution in [0.15, 0.2) is 0 Å². The van der Waals surface area contributed by atoms with Crippen molar-refractivity contribution in [2.75, 3.05) is 0 Å². The molecule has 1 nitrogen and oxygen atoms in total. The minimum absolute atomic E-state index is 0.0272. The lowest BCUT2D eigenvalue weighted by Crippen LogP contribution is -2.24. The molecule has 0 aliphatic heterocycles. The van der Waals surface area contributed by atoms with Gasteiger partial charge in [0.1, 0.15) is 6.29 Å². The van der Waals surface area contributed by atoms with Crippen molar-refractivity contribution in [3.8, 4) is 0 Å². The van der Waals surface area contributed by atoms with E-state index >= 15 is 0 Å². The molecule has 0 amide bonds. The summed E-state index contributed by atoms with van der Waals surface area (Å²) in [5, 5.41) is 0. The van der Waals surface area contributed by atoms with Gasteiger partial charge in [-0.2, -0.15) is 0 Å². The summed E-state index contributed by atoms with van der Waals surface area (Å²) in [5.41, 5.74) is 0.0272. The number of rotatable bonds is 2. The smallest absolute Gasteiger partial charge is 0.126 e. The van der Waals surface area contributed by atoms with E-state index in [1.165, 1.54) is 12.7 Å². The van der Waals surface area contributed by atoms with E-state index in [4.69, 9.17) is 0 Å². The molecular weight excluding hydrogens is 136 g/mol. The predicted molar refractivity (Wildman–Crippen MR) is 46.4 cm³/mol. The molecule has 1 fully saturated rings. The van der Waals surface area contributed by atoms with Crippen molar-refractivity contribution in [3.05, 3.63) is 0 Å². The molecule has 0 spiro atoms. The highest BCUT2D eigenvalue weighted by Gasteiger charge is 2.41. The Morgan fingerprint density at radius 2 is 2.18 bits per heavy atom. The Morgan fingerprint density at radius 1 is 1.55 bits per heavy atom. The first kappa shape index (κ1) is 8.76. The van der Waals surface area contributed by atoms with E-state index in [1.54, 1.807) is 0 Å². The second-order valence-electron chi connectivity index (χ2n) is 4.15. The Bertz CT molecular complexity index is 153. The Balaban J connectivity index is 2.75. The van der Waals surface area contributed by atoms with Crippen LogP contribution in [0.3, 0.4) is 0 Å². The summed E-state index contributed by atoms with van der Waals surface area (Å²) in [4.78, 5) is 10.9. The molecule has 0 saturated heterocycles. The summed E-state index contributed by atoms with van der Waals surface area (Å²) < 4.78 is 0. The van der Waals surface area contributed by atoms with Crippen molar-refractivity contribution in [2.45, 2.75) is 40.0 Å². The maximum Gasteiger partial charge on any atom is 0.126 e. The lowest BCUT2D eigenvalue weighted by atomic mass is 9.78. The molecule has 3 atom stereocenters. The zero-order valence-corrected chi connectivity index (χ0v) is 7.76. The van der Waals surface area contributed by atoms with E-state index in [-0.39, 0.29) is 5.41 Å². The largest absolute Gasteiger partial charge is 0.303 e. The van der Waals surface area contributed by atoms with Crippen molar-refractivity contribution in [1.82, 2.24) is 0 Å². The molecule has 1 aliphatic rings. The summed E-state index contributed by atoms with van der Waals surface area (Å²) in [7, 11) is 0. The van der Waals surface area contributed by atoms with E-state index in [0.29, 0.717) is 5.92 Å². The van der Waals surface area contributed by atoms with Crippen molar-refractivity contribution in [1.29, 1.82) is 0 Å². The van der Waals surface area contributed by atoms with Crippen molar-refractivity contribution < 1.29 is 4.79 Å². The van der Waals surface area contributed by atoms with Gasteiger partial charge < -0.3 is 4.79 Å². The van der Waals surface area contributed by atoms with Crippen LogP contribution in [0, 0.1) is 17.3 Å². The van der Waals surface area contributed by atoms with Gasteiger partial charge in [0.2, 0.25) is 0 Å². The van der Waals surface area contributed by atoms with Gasteiger partial charge in [-0.1, -0.05) is 20.8 Å². The van der Waals surface area contributed by atoms with Crippen LogP contribution in [0.5, 0.6) is 0 Å². The van der Waals surface area contributed by atoms with Gasteiger partial charge >= 0.3 is 0 Å². The van der Waals surface area contributed by atoms with Crippen LogP contribution in [-0.2, 0) is 4.79 Å². The third kappa shape index (κ3) is 1.33. The van der Waals surface area contributed by atoms with Crippen LogP contribution < -0.4 is 0 Å². The third-order valence-corrected chi connectivity index (χ3v) is 3.36. The zero-order chi connectivity index (χ0) is 8.48. The summed E-state index contributed by atoms with van der Waals surface area (Å²) in [6.45, 7) is 6.59. The van der Waals surface area contributed by atoms with E-state index in [0.717, 1.165) is 18.8 Å². The molecule has 0 heterocycles.